The van der Waals surface area contributed by atoms with Crippen LogP contribution < -0.4 is 11.1 Å². The topological polar surface area (TPSA) is 92.5 Å². The molecular weight excluding hydrogens is 306 g/mol. The van der Waals surface area contributed by atoms with Crippen LogP contribution in [0.1, 0.15) is 31.7 Å². The summed E-state index contributed by atoms with van der Waals surface area (Å²) in [7, 11) is 0. The number of amides is 2. The monoisotopic (exact) mass is 329 g/mol. The van der Waals surface area contributed by atoms with Gasteiger partial charge in [-0.2, -0.15) is 0 Å². The van der Waals surface area contributed by atoms with Crippen molar-refractivity contribution in [2.24, 2.45) is 5.73 Å². The molecule has 1 unspecified atom stereocenters. The fraction of sp³-hybridized carbons (Fsp3) is 0.500. The number of nitrogens with one attached hydrogen (secondary N) is 1. The zero-order chi connectivity index (χ0) is 17.3. The lowest BCUT2D eigenvalue weighted by atomic mass is 9.99. The largest absolute Gasteiger partial charge is 0.347 e. The fourth-order valence-electron chi connectivity index (χ4n) is 3.24. The van der Waals surface area contributed by atoms with E-state index in [2.05, 4.69) is 5.32 Å². The van der Waals surface area contributed by atoms with Gasteiger partial charge in [0.25, 0.3) is 5.91 Å². The Morgan fingerprint density at radius 3 is 2.50 bits per heavy atom. The average Bonchev–Trinajstić information content (AvgIpc) is 3.33. The normalized spacial score (nSPS) is 24.8. The molecule has 3 rings (SSSR count). The molecule has 0 bridgehead atoms. The SMILES string of the molecule is CC1C[C@H](N)C(=O)N1[C@@H](Cc1ccccc1)C(=O)C(=O)NC1CC1. The molecular formula is C18H23N3O3. The highest BCUT2D eigenvalue weighted by molar-refractivity contribution is 6.38. The first kappa shape index (κ1) is 16.6. The third-order valence-corrected chi connectivity index (χ3v) is 4.69. The second-order valence-electron chi connectivity index (χ2n) is 6.75. The summed E-state index contributed by atoms with van der Waals surface area (Å²) in [5.41, 5.74) is 6.77. The van der Waals surface area contributed by atoms with Crippen molar-refractivity contribution in [3.8, 4) is 0 Å². The van der Waals surface area contributed by atoms with Crippen LogP contribution in [0, 0.1) is 0 Å². The lowest BCUT2D eigenvalue weighted by molar-refractivity contribution is -0.145. The predicted octanol–water partition coefficient (Wildman–Crippen LogP) is 0.394. The van der Waals surface area contributed by atoms with Crippen LogP contribution in [0.5, 0.6) is 0 Å². The Balaban J connectivity index is 1.83. The summed E-state index contributed by atoms with van der Waals surface area (Å²) in [6, 6.07) is 7.98. The van der Waals surface area contributed by atoms with E-state index in [9.17, 15) is 14.4 Å². The van der Waals surface area contributed by atoms with Crippen molar-refractivity contribution < 1.29 is 14.4 Å². The quantitative estimate of drug-likeness (QED) is 0.739. The number of ketones is 1. The molecule has 1 aliphatic heterocycles. The number of benzene rings is 1. The number of hydrogen-bond acceptors (Lipinski definition) is 4. The molecule has 6 nitrogen and oxygen atoms in total. The van der Waals surface area contributed by atoms with E-state index in [4.69, 9.17) is 5.73 Å². The number of likely N-dealkylation sites (tertiary alicyclic amines) is 1. The van der Waals surface area contributed by atoms with Gasteiger partial charge in [0, 0.05) is 18.5 Å². The predicted molar refractivity (Wildman–Crippen MR) is 89.0 cm³/mol. The van der Waals surface area contributed by atoms with E-state index in [0.29, 0.717) is 12.8 Å². The van der Waals surface area contributed by atoms with Crippen molar-refractivity contribution in [1.82, 2.24) is 10.2 Å². The van der Waals surface area contributed by atoms with Crippen molar-refractivity contribution in [2.75, 3.05) is 0 Å². The molecule has 128 valence electrons. The van der Waals surface area contributed by atoms with Gasteiger partial charge < -0.3 is 16.0 Å². The van der Waals surface area contributed by atoms with Gasteiger partial charge in [-0.1, -0.05) is 30.3 Å². The molecule has 2 aliphatic rings. The van der Waals surface area contributed by atoms with Crippen molar-refractivity contribution in [2.45, 2.75) is 56.8 Å². The van der Waals surface area contributed by atoms with Gasteiger partial charge in [-0.25, -0.2) is 0 Å². The van der Waals surface area contributed by atoms with E-state index < -0.39 is 23.8 Å². The molecule has 1 saturated carbocycles. The van der Waals surface area contributed by atoms with Gasteiger partial charge in [-0.05, 0) is 31.7 Å². The molecule has 3 atom stereocenters. The first-order chi connectivity index (χ1) is 11.5. The summed E-state index contributed by atoms with van der Waals surface area (Å²) in [5.74, 6) is -1.41. The van der Waals surface area contributed by atoms with Crippen molar-refractivity contribution >= 4 is 17.6 Å². The average molecular weight is 329 g/mol. The molecule has 0 radical (unpaired) electrons. The van der Waals surface area contributed by atoms with Crippen LogP contribution in [-0.4, -0.2) is 46.7 Å². The van der Waals surface area contributed by atoms with Crippen molar-refractivity contribution in [1.29, 1.82) is 0 Å². The third-order valence-electron chi connectivity index (χ3n) is 4.69. The molecule has 1 saturated heterocycles. The van der Waals surface area contributed by atoms with E-state index in [0.717, 1.165) is 18.4 Å². The minimum absolute atomic E-state index is 0.104. The molecule has 1 aromatic rings. The molecule has 1 heterocycles. The van der Waals surface area contributed by atoms with Crippen LogP contribution in [0.25, 0.3) is 0 Å². The molecule has 0 spiro atoms. The Morgan fingerprint density at radius 1 is 1.29 bits per heavy atom. The van der Waals surface area contributed by atoms with Gasteiger partial charge in [0.05, 0.1) is 6.04 Å². The Bertz CT molecular complexity index is 642. The van der Waals surface area contributed by atoms with Gasteiger partial charge >= 0.3 is 0 Å². The zero-order valence-corrected chi connectivity index (χ0v) is 13.8. The summed E-state index contributed by atoms with van der Waals surface area (Å²) in [4.78, 5) is 38.9. The van der Waals surface area contributed by atoms with Crippen molar-refractivity contribution in [3.63, 3.8) is 0 Å². The molecule has 1 aliphatic carbocycles. The van der Waals surface area contributed by atoms with E-state index in [1.54, 1.807) is 0 Å². The number of rotatable bonds is 6. The minimum atomic E-state index is -0.804. The van der Waals surface area contributed by atoms with E-state index in [1.807, 2.05) is 37.3 Å². The van der Waals surface area contributed by atoms with E-state index >= 15 is 0 Å². The first-order valence-electron chi connectivity index (χ1n) is 8.43. The molecule has 6 heteroatoms. The van der Waals surface area contributed by atoms with E-state index in [1.165, 1.54) is 4.90 Å². The smallest absolute Gasteiger partial charge is 0.289 e. The fourth-order valence-corrected chi connectivity index (χ4v) is 3.24. The Morgan fingerprint density at radius 2 is 1.96 bits per heavy atom. The van der Waals surface area contributed by atoms with Crippen LogP contribution in [0.2, 0.25) is 0 Å². The number of carbonyl (C=O) groups excluding carboxylic acids is 3. The standard InChI is InChI=1S/C18H23N3O3/c1-11-9-14(19)18(24)21(11)15(10-12-5-3-2-4-6-12)16(22)17(23)20-13-7-8-13/h2-6,11,13-15H,7-10,19H2,1H3,(H,20,23)/t11?,14-,15-/m0/s1. The summed E-state index contributed by atoms with van der Waals surface area (Å²) < 4.78 is 0. The molecule has 3 N–H and O–H groups in total. The second kappa shape index (κ2) is 6.73. The lowest BCUT2D eigenvalue weighted by Gasteiger charge is -2.30. The Kier molecular flexibility index (Phi) is 4.66. The van der Waals surface area contributed by atoms with Gasteiger partial charge in [0.2, 0.25) is 11.7 Å². The Labute approximate surface area is 141 Å². The molecule has 2 amide bonds. The molecule has 1 aromatic carbocycles. The maximum Gasteiger partial charge on any atom is 0.289 e. The number of carbonyl (C=O) groups is 3. The van der Waals surface area contributed by atoms with Gasteiger partial charge in [0.15, 0.2) is 0 Å². The summed E-state index contributed by atoms with van der Waals surface area (Å²) in [6.07, 6.45) is 2.64. The Hall–Kier alpha value is -2.21. The second-order valence-corrected chi connectivity index (χ2v) is 6.75. The van der Waals surface area contributed by atoms with Gasteiger partial charge in [-0.15, -0.1) is 0 Å². The van der Waals surface area contributed by atoms with Crippen molar-refractivity contribution in [3.05, 3.63) is 35.9 Å². The van der Waals surface area contributed by atoms with Crippen LogP contribution in [0.15, 0.2) is 30.3 Å². The number of hydrogen-bond donors (Lipinski definition) is 2. The van der Waals surface area contributed by atoms with E-state index in [-0.39, 0.29) is 18.0 Å². The van der Waals surface area contributed by atoms with Crippen LogP contribution in [-0.2, 0) is 20.8 Å². The van der Waals surface area contributed by atoms with Gasteiger partial charge in [-0.3, -0.25) is 14.4 Å². The maximum absolute atomic E-state index is 12.7. The summed E-state index contributed by atoms with van der Waals surface area (Å²) in [5, 5.41) is 2.73. The molecule has 2 fully saturated rings. The molecule has 0 aromatic heterocycles. The summed E-state index contributed by atoms with van der Waals surface area (Å²) >= 11 is 0. The number of nitrogens with two attached hydrogens (primary N) is 1. The van der Waals surface area contributed by atoms with Crippen LogP contribution >= 0.6 is 0 Å². The number of nitrogens with zero attached hydrogens (tertiary/aromatic N) is 1. The first-order valence-corrected chi connectivity index (χ1v) is 8.43. The number of Topliss-reactive ketones (excluding diaryl/α,β-unsaturated/α-hetero) is 1. The minimum Gasteiger partial charge on any atom is -0.347 e. The lowest BCUT2D eigenvalue weighted by Crippen LogP contribution is -2.53. The van der Waals surface area contributed by atoms with Crippen LogP contribution in [0.4, 0.5) is 0 Å². The summed E-state index contributed by atoms with van der Waals surface area (Å²) in [6.45, 7) is 1.87. The molecule has 24 heavy (non-hydrogen) atoms. The highest BCUT2D eigenvalue weighted by Crippen LogP contribution is 2.24. The zero-order valence-electron chi connectivity index (χ0n) is 13.8. The highest BCUT2D eigenvalue weighted by atomic mass is 16.2. The van der Waals surface area contributed by atoms with Gasteiger partial charge in [0.1, 0.15) is 6.04 Å². The van der Waals surface area contributed by atoms with Crippen LogP contribution in [0.3, 0.4) is 0 Å². The highest BCUT2D eigenvalue weighted by Gasteiger charge is 2.43. The maximum atomic E-state index is 12.7. The third kappa shape index (κ3) is 3.48.